The van der Waals surface area contributed by atoms with Gasteiger partial charge in [0.05, 0.1) is 18.7 Å². The van der Waals surface area contributed by atoms with Crippen molar-refractivity contribution in [2.75, 3.05) is 33.5 Å². The molecule has 1 aromatic heterocycles. The molecule has 152 valence electrons. The summed E-state index contributed by atoms with van der Waals surface area (Å²) in [5, 5.41) is 3.81. The van der Waals surface area contributed by atoms with Gasteiger partial charge in [-0.05, 0) is 30.3 Å². The van der Waals surface area contributed by atoms with E-state index >= 15 is 0 Å². The van der Waals surface area contributed by atoms with Gasteiger partial charge >= 0.3 is 0 Å². The van der Waals surface area contributed by atoms with Gasteiger partial charge in [0.1, 0.15) is 18.5 Å². The van der Waals surface area contributed by atoms with Crippen LogP contribution >= 0.6 is 0 Å². The van der Waals surface area contributed by atoms with E-state index in [0.29, 0.717) is 31.3 Å². The van der Waals surface area contributed by atoms with Crippen LogP contribution < -0.4 is 19.5 Å². The number of carbonyl (C=O) groups excluding carboxylic acids is 1. The quantitative estimate of drug-likeness (QED) is 0.634. The van der Waals surface area contributed by atoms with E-state index in [0.717, 1.165) is 23.2 Å². The van der Waals surface area contributed by atoms with Gasteiger partial charge in [-0.15, -0.1) is 0 Å². The molecule has 0 saturated heterocycles. The maximum atomic E-state index is 12.2. The van der Waals surface area contributed by atoms with Gasteiger partial charge in [0.25, 0.3) is 5.91 Å². The Morgan fingerprint density at radius 3 is 2.90 bits per heavy atom. The molecule has 29 heavy (non-hydrogen) atoms. The number of hydrogen-bond donors (Lipinski definition) is 1. The molecule has 1 unspecified atom stereocenters. The zero-order chi connectivity index (χ0) is 20.1. The van der Waals surface area contributed by atoms with E-state index in [1.807, 2.05) is 54.7 Å². The van der Waals surface area contributed by atoms with Crippen LogP contribution in [0.4, 0.5) is 0 Å². The van der Waals surface area contributed by atoms with Crippen LogP contribution in [0.1, 0.15) is 0 Å². The summed E-state index contributed by atoms with van der Waals surface area (Å²) in [5.41, 5.74) is 1.05. The monoisotopic (exact) mass is 396 g/mol. The highest BCUT2D eigenvalue weighted by Gasteiger charge is 2.21. The first-order valence-corrected chi connectivity index (χ1v) is 9.59. The van der Waals surface area contributed by atoms with Crippen molar-refractivity contribution in [3.05, 3.63) is 54.7 Å². The number of nitrogens with one attached hydrogen (secondary N) is 1. The summed E-state index contributed by atoms with van der Waals surface area (Å²) in [4.78, 5) is 12.2. The number of para-hydroxylation sites is 2. The molecule has 0 aliphatic carbocycles. The van der Waals surface area contributed by atoms with Crippen LogP contribution in [0.2, 0.25) is 0 Å². The highest BCUT2D eigenvalue weighted by molar-refractivity contribution is 5.87. The van der Waals surface area contributed by atoms with E-state index in [2.05, 4.69) is 9.88 Å². The molecule has 0 radical (unpaired) electrons. The number of fused-ring (bicyclic) bond motifs is 2. The summed E-state index contributed by atoms with van der Waals surface area (Å²) in [6.45, 7) is 2.08. The van der Waals surface area contributed by atoms with Crippen LogP contribution in [0.3, 0.4) is 0 Å². The Kier molecular flexibility index (Phi) is 5.86. The van der Waals surface area contributed by atoms with Crippen LogP contribution in [0.15, 0.2) is 54.7 Å². The van der Waals surface area contributed by atoms with E-state index in [4.69, 9.17) is 18.9 Å². The molecule has 1 aliphatic heterocycles. The standard InChI is InChI=1S/C22H24N2O5/c1-26-12-11-24-10-9-17-18(24)5-4-8-19(17)28-15-22(25)23-13-16-14-27-20-6-2-3-7-21(20)29-16/h2-10,16H,11-15H2,1H3,(H,23,25). The SMILES string of the molecule is COCCn1ccc2c(OCC(=O)NCC3COc4ccccc4O3)cccc21. The summed E-state index contributed by atoms with van der Waals surface area (Å²) in [6.07, 6.45) is 1.77. The van der Waals surface area contributed by atoms with Crippen LogP contribution in [-0.2, 0) is 16.1 Å². The van der Waals surface area contributed by atoms with Crippen molar-refractivity contribution >= 4 is 16.8 Å². The molecule has 1 aliphatic rings. The number of carbonyl (C=O) groups is 1. The van der Waals surface area contributed by atoms with Gasteiger partial charge in [-0.2, -0.15) is 0 Å². The van der Waals surface area contributed by atoms with E-state index in [9.17, 15) is 4.79 Å². The normalized spacial score (nSPS) is 15.3. The molecule has 0 bridgehead atoms. The average Bonchev–Trinajstić information content (AvgIpc) is 3.18. The Balaban J connectivity index is 1.29. The summed E-state index contributed by atoms with van der Waals surface area (Å²) in [7, 11) is 1.68. The lowest BCUT2D eigenvalue weighted by Gasteiger charge is -2.26. The molecule has 1 atom stereocenters. The summed E-state index contributed by atoms with van der Waals surface area (Å²) in [5.74, 6) is 1.89. The maximum absolute atomic E-state index is 12.2. The highest BCUT2D eigenvalue weighted by Crippen LogP contribution is 2.30. The first kappa shape index (κ1) is 19.1. The summed E-state index contributed by atoms with van der Waals surface area (Å²) < 4.78 is 24.5. The average molecular weight is 396 g/mol. The minimum atomic E-state index is -0.230. The lowest BCUT2D eigenvalue weighted by atomic mass is 10.2. The fraction of sp³-hybridized carbons (Fsp3) is 0.318. The van der Waals surface area contributed by atoms with Crippen molar-refractivity contribution < 1.29 is 23.7 Å². The number of methoxy groups -OCH3 is 1. The smallest absolute Gasteiger partial charge is 0.258 e. The summed E-state index contributed by atoms with van der Waals surface area (Å²) >= 11 is 0. The van der Waals surface area contributed by atoms with Crippen molar-refractivity contribution in [3.63, 3.8) is 0 Å². The Hall–Kier alpha value is -3.19. The van der Waals surface area contributed by atoms with Crippen LogP contribution in [-0.4, -0.2) is 50.1 Å². The molecular formula is C22H24N2O5. The fourth-order valence-corrected chi connectivity index (χ4v) is 3.29. The number of benzene rings is 2. The highest BCUT2D eigenvalue weighted by atomic mass is 16.6. The van der Waals surface area contributed by atoms with Gasteiger partial charge in [0.2, 0.25) is 0 Å². The fourth-order valence-electron chi connectivity index (χ4n) is 3.29. The molecule has 1 amide bonds. The number of amides is 1. The van der Waals surface area contributed by atoms with E-state index < -0.39 is 0 Å². The first-order valence-electron chi connectivity index (χ1n) is 9.59. The van der Waals surface area contributed by atoms with Gasteiger partial charge in [0.15, 0.2) is 18.1 Å². The van der Waals surface area contributed by atoms with Crippen molar-refractivity contribution in [1.29, 1.82) is 0 Å². The predicted octanol–water partition coefficient (Wildman–Crippen LogP) is 2.62. The Bertz CT molecular complexity index is 984. The maximum Gasteiger partial charge on any atom is 0.258 e. The number of nitrogens with zero attached hydrogens (tertiary/aromatic N) is 1. The third-order valence-electron chi connectivity index (χ3n) is 4.76. The lowest BCUT2D eigenvalue weighted by Crippen LogP contribution is -2.42. The van der Waals surface area contributed by atoms with Gasteiger partial charge in [-0.3, -0.25) is 4.79 Å². The largest absolute Gasteiger partial charge is 0.486 e. The topological polar surface area (TPSA) is 71.0 Å². The second-order valence-corrected chi connectivity index (χ2v) is 6.78. The van der Waals surface area contributed by atoms with Gasteiger partial charge in [-0.1, -0.05) is 18.2 Å². The molecule has 3 aromatic rings. The molecule has 2 heterocycles. The van der Waals surface area contributed by atoms with Crippen molar-refractivity contribution in [2.24, 2.45) is 0 Å². The number of rotatable bonds is 8. The molecule has 7 heteroatoms. The minimum absolute atomic E-state index is 0.0630. The first-order chi connectivity index (χ1) is 14.2. The van der Waals surface area contributed by atoms with Gasteiger partial charge in [-0.25, -0.2) is 0 Å². The lowest BCUT2D eigenvalue weighted by molar-refractivity contribution is -0.123. The zero-order valence-corrected chi connectivity index (χ0v) is 16.3. The number of hydrogen-bond acceptors (Lipinski definition) is 5. The van der Waals surface area contributed by atoms with Crippen LogP contribution in [0, 0.1) is 0 Å². The van der Waals surface area contributed by atoms with Crippen LogP contribution in [0.25, 0.3) is 10.9 Å². The minimum Gasteiger partial charge on any atom is -0.486 e. The van der Waals surface area contributed by atoms with Gasteiger partial charge in [0, 0.05) is 25.2 Å². The molecular weight excluding hydrogens is 372 g/mol. The summed E-state index contributed by atoms with van der Waals surface area (Å²) in [6, 6.07) is 15.3. The van der Waals surface area contributed by atoms with E-state index in [-0.39, 0.29) is 18.6 Å². The molecule has 7 nitrogen and oxygen atoms in total. The predicted molar refractivity (Wildman–Crippen MR) is 109 cm³/mol. The third-order valence-corrected chi connectivity index (χ3v) is 4.76. The third kappa shape index (κ3) is 4.46. The molecule has 0 fully saturated rings. The second kappa shape index (κ2) is 8.87. The Labute approximate surface area is 169 Å². The molecule has 1 N–H and O–H groups in total. The van der Waals surface area contributed by atoms with Crippen LogP contribution in [0.5, 0.6) is 17.2 Å². The van der Waals surface area contributed by atoms with Gasteiger partial charge < -0.3 is 28.8 Å². The Morgan fingerprint density at radius 1 is 1.17 bits per heavy atom. The number of ether oxygens (including phenoxy) is 4. The number of aromatic nitrogens is 1. The van der Waals surface area contributed by atoms with Crippen molar-refractivity contribution in [1.82, 2.24) is 9.88 Å². The zero-order valence-electron chi connectivity index (χ0n) is 16.3. The van der Waals surface area contributed by atoms with Crippen molar-refractivity contribution in [3.8, 4) is 17.2 Å². The molecule has 4 rings (SSSR count). The molecule has 0 saturated carbocycles. The Morgan fingerprint density at radius 2 is 2.03 bits per heavy atom. The molecule has 0 spiro atoms. The van der Waals surface area contributed by atoms with E-state index in [1.54, 1.807) is 7.11 Å². The second-order valence-electron chi connectivity index (χ2n) is 6.78. The van der Waals surface area contributed by atoms with Crippen molar-refractivity contribution in [2.45, 2.75) is 12.6 Å². The van der Waals surface area contributed by atoms with E-state index in [1.165, 1.54) is 0 Å². The molecule has 2 aromatic carbocycles.